The fourth-order valence-corrected chi connectivity index (χ4v) is 2.56. The number of carbonyl (C=O) groups is 2. The fraction of sp³-hybridized carbons (Fsp3) is 0.214. The lowest BCUT2D eigenvalue weighted by Gasteiger charge is -2.13. The number of anilines is 1. The maximum Gasteiger partial charge on any atom is 0.414 e. The van der Waals surface area contributed by atoms with Gasteiger partial charge in [-0.2, -0.15) is 0 Å². The first-order chi connectivity index (χ1) is 10.6. The molecule has 1 aliphatic rings. The Balaban J connectivity index is 1.73. The van der Waals surface area contributed by atoms with Crippen LogP contribution in [0.4, 0.5) is 14.3 Å². The predicted octanol–water partition coefficient (Wildman–Crippen LogP) is 2.86. The van der Waals surface area contributed by atoms with Crippen molar-refractivity contribution in [2.75, 3.05) is 11.9 Å². The highest BCUT2D eigenvalue weighted by Gasteiger charge is 2.30. The third-order valence-corrected chi connectivity index (χ3v) is 3.72. The molecular formula is C14H11FN2O4S. The molecule has 1 amide bonds. The number of amides is 1. The number of hydrogen-bond acceptors (Lipinski definition) is 6. The molecule has 2 aromatic rings. The number of aromatic nitrogens is 1. The average Bonchev–Trinajstić information content (AvgIpc) is 2.93. The number of nitrogens with one attached hydrogen (secondary N) is 1. The Bertz CT molecular complexity index is 705. The van der Waals surface area contributed by atoms with Gasteiger partial charge in [0.25, 0.3) is 0 Å². The van der Waals surface area contributed by atoms with Crippen LogP contribution in [0.3, 0.4) is 0 Å². The number of halogens is 1. The highest BCUT2D eigenvalue weighted by atomic mass is 32.1. The van der Waals surface area contributed by atoms with E-state index in [-0.39, 0.29) is 24.3 Å². The van der Waals surface area contributed by atoms with Crippen molar-refractivity contribution < 1.29 is 23.5 Å². The number of ether oxygens (including phenoxy) is 2. The molecule has 1 aliphatic heterocycles. The Labute approximate surface area is 128 Å². The smallest absolute Gasteiger partial charge is 0.414 e. The van der Waals surface area contributed by atoms with Crippen LogP contribution < -0.4 is 10.1 Å². The van der Waals surface area contributed by atoms with Gasteiger partial charge in [0.2, 0.25) is 5.78 Å². The number of thiazole rings is 1. The molecule has 1 aromatic carbocycles. The molecule has 0 aliphatic carbocycles. The second-order valence-electron chi connectivity index (χ2n) is 4.50. The van der Waals surface area contributed by atoms with E-state index in [2.05, 4.69) is 10.3 Å². The fourth-order valence-electron chi connectivity index (χ4n) is 2.04. The normalized spacial score (nSPS) is 17.1. The molecule has 0 bridgehead atoms. The van der Waals surface area contributed by atoms with Crippen molar-refractivity contribution in [1.29, 1.82) is 0 Å². The number of fused-ring (bicyclic) bond motifs is 1. The molecule has 1 unspecified atom stereocenters. The van der Waals surface area contributed by atoms with Crippen LogP contribution in [0.25, 0.3) is 0 Å². The molecule has 0 spiro atoms. The van der Waals surface area contributed by atoms with Gasteiger partial charge in [-0.25, -0.2) is 14.2 Å². The minimum Gasteiger partial charge on any atom is -0.493 e. The Hall–Kier alpha value is -2.48. The Morgan fingerprint density at radius 2 is 2.36 bits per heavy atom. The summed E-state index contributed by atoms with van der Waals surface area (Å²) in [5.74, 6) is -0.745. The topological polar surface area (TPSA) is 77.5 Å². The molecule has 22 heavy (non-hydrogen) atoms. The van der Waals surface area contributed by atoms with Gasteiger partial charge in [0.15, 0.2) is 11.2 Å². The van der Waals surface area contributed by atoms with Gasteiger partial charge in [0.1, 0.15) is 11.6 Å². The zero-order valence-electron chi connectivity index (χ0n) is 11.2. The highest BCUT2D eigenvalue weighted by Crippen LogP contribution is 2.26. The first-order valence-corrected chi connectivity index (χ1v) is 7.35. The third kappa shape index (κ3) is 3.06. The SMILES string of the molecule is O=C(Nc1nccs1)OC1CCOc2cc(F)ccc2C1=O. The maximum atomic E-state index is 13.2. The van der Waals surface area contributed by atoms with Crippen molar-refractivity contribution in [1.82, 2.24) is 4.98 Å². The van der Waals surface area contributed by atoms with E-state index in [1.54, 1.807) is 5.38 Å². The van der Waals surface area contributed by atoms with Gasteiger partial charge < -0.3 is 9.47 Å². The first-order valence-electron chi connectivity index (χ1n) is 6.47. The van der Waals surface area contributed by atoms with Crippen LogP contribution in [0.1, 0.15) is 16.8 Å². The number of Topliss-reactive ketones (excluding diaryl/α,β-unsaturated/α-hetero) is 1. The minimum absolute atomic E-state index is 0.150. The largest absolute Gasteiger partial charge is 0.493 e. The van der Waals surface area contributed by atoms with E-state index in [0.29, 0.717) is 5.13 Å². The van der Waals surface area contributed by atoms with Crippen molar-refractivity contribution in [3.05, 3.63) is 41.2 Å². The average molecular weight is 322 g/mol. The van der Waals surface area contributed by atoms with E-state index in [9.17, 15) is 14.0 Å². The summed E-state index contributed by atoms with van der Waals surface area (Å²) in [5.41, 5.74) is 0.200. The molecular weight excluding hydrogens is 311 g/mol. The van der Waals surface area contributed by atoms with E-state index >= 15 is 0 Å². The van der Waals surface area contributed by atoms with Crippen LogP contribution in [0, 0.1) is 5.82 Å². The van der Waals surface area contributed by atoms with Gasteiger partial charge in [-0.3, -0.25) is 10.1 Å². The Morgan fingerprint density at radius 1 is 1.50 bits per heavy atom. The van der Waals surface area contributed by atoms with Crippen molar-refractivity contribution in [3.63, 3.8) is 0 Å². The molecule has 1 atom stereocenters. The lowest BCUT2D eigenvalue weighted by Crippen LogP contribution is -2.29. The van der Waals surface area contributed by atoms with Crippen LogP contribution in [0.2, 0.25) is 0 Å². The quantitative estimate of drug-likeness (QED) is 0.920. The molecule has 0 fully saturated rings. The van der Waals surface area contributed by atoms with Crippen LogP contribution in [-0.4, -0.2) is 29.6 Å². The van der Waals surface area contributed by atoms with Crippen LogP contribution >= 0.6 is 11.3 Å². The summed E-state index contributed by atoms with van der Waals surface area (Å²) in [6.45, 7) is 0.150. The standard InChI is InChI=1S/C14H11FN2O4S/c15-8-1-2-9-11(7-8)20-5-3-10(12(9)18)21-14(19)17-13-16-4-6-22-13/h1-2,4,6-7,10H,3,5H2,(H,16,17,19). The number of benzene rings is 1. The molecule has 114 valence electrons. The summed E-state index contributed by atoms with van der Waals surface area (Å²) in [6, 6.07) is 3.64. The number of carbonyl (C=O) groups excluding carboxylic acids is 2. The molecule has 0 saturated carbocycles. The zero-order chi connectivity index (χ0) is 15.5. The third-order valence-electron chi connectivity index (χ3n) is 3.03. The van der Waals surface area contributed by atoms with Crippen LogP contribution in [0.5, 0.6) is 5.75 Å². The highest BCUT2D eigenvalue weighted by molar-refractivity contribution is 7.13. The summed E-state index contributed by atoms with van der Waals surface area (Å²) in [5, 5.41) is 4.52. The van der Waals surface area contributed by atoms with Crippen LogP contribution in [-0.2, 0) is 4.74 Å². The molecule has 8 heteroatoms. The number of hydrogen-bond donors (Lipinski definition) is 1. The van der Waals surface area contributed by atoms with E-state index in [1.165, 1.54) is 23.6 Å². The monoisotopic (exact) mass is 322 g/mol. The molecule has 6 nitrogen and oxygen atoms in total. The van der Waals surface area contributed by atoms with Gasteiger partial charge in [-0.15, -0.1) is 11.3 Å². The van der Waals surface area contributed by atoms with E-state index in [1.807, 2.05) is 0 Å². The van der Waals surface area contributed by atoms with Crippen molar-refractivity contribution >= 4 is 28.3 Å². The molecule has 0 saturated heterocycles. The molecule has 2 heterocycles. The molecule has 0 radical (unpaired) electrons. The van der Waals surface area contributed by atoms with Gasteiger partial charge in [-0.1, -0.05) is 0 Å². The van der Waals surface area contributed by atoms with Crippen molar-refractivity contribution in [3.8, 4) is 5.75 Å². The van der Waals surface area contributed by atoms with Crippen molar-refractivity contribution in [2.45, 2.75) is 12.5 Å². The first kappa shape index (κ1) is 14.5. The van der Waals surface area contributed by atoms with Crippen LogP contribution in [0.15, 0.2) is 29.8 Å². The molecule has 1 aromatic heterocycles. The van der Waals surface area contributed by atoms with Gasteiger partial charge in [-0.05, 0) is 12.1 Å². The zero-order valence-corrected chi connectivity index (χ0v) is 12.1. The maximum absolute atomic E-state index is 13.2. The lowest BCUT2D eigenvalue weighted by atomic mass is 10.0. The molecule has 1 N–H and O–H groups in total. The van der Waals surface area contributed by atoms with Gasteiger partial charge >= 0.3 is 6.09 Å². The Morgan fingerprint density at radius 3 is 3.14 bits per heavy atom. The number of ketones is 1. The summed E-state index contributed by atoms with van der Waals surface area (Å²) >= 11 is 1.23. The van der Waals surface area contributed by atoms with Gasteiger partial charge in [0, 0.05) is 24.1 Å². The van der Waals surface area contributed by atoms with E-state index < -0.39 is 23.8 Å². The summed E-state index contributed by atoms with van der Waals surface area (Å²) < 4.78 is 23.7. The van der Waals surface area contributed by atoms with Crippen molar-refractivity contribution in [2.24, 2.45) is 0 Å². The summed E-state index contributed by atoms with van der Waals surface area (Å²) in [4.78, 5) is 28.0. The summed E-state index contributed by atoms with van der Waals surface area (Å²) in [6.07, 6.45) is -0.0126. The summed E-state index contributed by atoms with van der Waals surface area (Å²) in [7, 11) is 0. The number of rotatable bonds is 2. The number of nitrogens with zero attached hydrogens (tertiary/aromatic N) is 1. The second kappa shape index (κ2) is 6.10. The Kier molecular flexibility index (Phi) is 4.01. The van der Waals surface area contributed by atoms with E-state index in [0.717, 1.165) is 12.1 Å². The minimum atomic E-state index is -0.980. The predicted molar refractivity (Wildman–Crippen MR) is 76.8 cm³/mol. The van der Waals surface area contributed by atoms with Gasteiger partial charge in [0.05, 0.1) is 12.2 Å². The molecule has 3 rings (SSSR count). The van der Waals surface area contributed by atoms with E-state index in [4.69, 9.17) is 9.47 Å². The second-order valence-corrected chi connectivity index (χ2v) is 5.39. The lowest BCUT2D eigenvalue weighted by molar-refractivity contribution is 0.0638.